The van der Waals surface area contributed by atoms with Crippen LogP contribution in [0.4, 0.5) is 0 Å². The van der Waals surface area contributed by atoms with Crippen LogP contribution in [0.1, 0.15) is 31.2 Å². The standard InChI is InChI=1S/C17H20O3/c18-16-9-10-17(19-11-12-20-17)13-15(16)8-4-7-14-5-2-1-3-6-14/h1-7,15H,8-13H2/b7-4+/t15-/m1/s1. The van der Waals surface area contributed by atoms with E-state index in [1.54, 1.807) is 0 Å². The third-order valence-electron chi connectivity index (χ3n) is 4.11. The van der Waals surface area contributed by atoms with Crippen molar-refractivity contribution in [1.82, 2.24) is 0 Å². The summed E-state index contributed by atoms with van der Waals surface area (Å²) in [5, 5.41) is 0. The Labute approximate surface area is 119 Å². The van der Waals surface area contributed by atoms with Gasteiger partial charge in [-0.05, 0) is 12.0 Å². The predicted molar refractivity (Wildman–Crippen MR) is 77.1 cm³/mol. The van der Waals surface area contributed by atoms with Crippen LogP contribution in [0.5, 0.6) is 0 Å². The molecule has 2 aliphatic rings. The molecule has 0 bridgehead atoms. The van der Waals surface area contributed by atoms with E-state index < -0.39 is 5.79 Å². The average Bonchev–Trinajstić information content (AvgIpc) is 2.92. The van der Waals surface area contributed by atoms with E-state index in [-0.39, 0.29) is 5.92 Å². The lowest BCUT2D eigenvalue weighted by Crippen LogP contribution is -2.40. The minimum absolute atomic E-state index is 0.0295. The van der Waals surface area contributed by atoms with Crippen molar-refractivity contribution in [3.05, 3.63) is 42.0 Å². The smallest absolute Gasteiger partial charge is 0.169 e. The second-order valence-electron chi connectivity index (χ2n) is 5.52. The molecule has 1 aliphatic carbocycles. The number of rotatable bonds is 3. The van der Waals surface area contributed by atoms with Crippen molar-refractivity contribution in [2.45, 2.75) is 31.5 Å². The highest BCUT2D eigenvalue weighted by Crippen LogP contribution is 2.38. The van der Waals surface area contributed by atoms with Gasteiger partial charge in [-0.1, -0.05) is 42.5 Å². The molecule has 1 saturated carbocycles. The zero-order valence-corrected chi connectivity index (χ0v) is 11.6. The number of allylic oxidation sites excluding steroid dienone is 1. The monoisotopic (exact) mass is 272 g/mol. The topological polar surface area (TPSA) is 35.5 Å². The Kier molecular flexibility index (Phi) is 3.99. The molecule has 0 amide bonds. The second kappa shape index (κ2) is 5.90. The number of ether oxygens (including phenoxy) is 2. The van der Waals surface area contributed by atoms with Crippen LogP contribution in [0.25, 0.3) is 6.08 Å². The molecule has 106 valence electrons. The van der Waals surface area contributed by atoms with Gasteiger partial charge >= 0.3 is 0 Å². The largest absolute Gasteiger partial charge is 0.347 e. The molecule has 1 aliphatic heterocycles. The molecule has 20 heavy (non-hydrogen) atoms. The molecule has 3 rings (SSSR count). The van der Waals surface area contributed by atoms with Gasteiger partial charge in [0.25, 0.3) is 0 Å². The lowest BCUT2D eigenvalue weighted by molar-refractivity contribution is -0.188. The fourth-order valence-electron chi connectivity index (χ4n) is 3.02. The number of Topliss-reactive ketones (excluding diaryl/α,β-unsaturated/α-hetero) is 1. The molecule has 1 saturated heterocycles. The number of benzene rings is 1. The van der Waals surface area contributed by atoms with Crippen molar-refractivity contribution in [1.29, 1.82) is 0 Å². The number of hydrogen-bond donors (Lipinski definition) is 0. The fraction of sp³-hybridized carbons (Fsp3) is 0.471. The molecule has 0 aromatic heterocycles. The minimum Gasteiger partial charge on any atom is -0.347 e. The molecular weight excluding hydrogens is 252 g/mol. The molecular formula is C17H20O3. The van der Waals surface area contributed by atoms with Gasteiger partial charge in [0.1, 0.15) is 5.78 Å². The first-order chi connectivity index (χ1) is 9.77. The van der Waals surface area contributed by atoms with E-state index in [9.17, 15) is 4.79 Å². The summed E-state index contributed by atoms with van der Waals surface area (Å²) < 4.78 is 11.5. The molecule has 1 atom stereocenters. The van der Waals surface area contributed by atoms with Crippen LogP contribution in [0.3, 0.4) is 0 Å². The summed E-state index contributed by atoms with van der Waals surface area (Å²) in [5.41, 5.74) is 1.17. The summed E-state index contributed by atoms with van der Waals surface area (Å²) >= 11 is 0. The Balaban J connectivity index is 1.61. The van der Waals surface area contributed by atoms with Crippen LogP contribution in [0, 0.1) is 5.92 Å². The highest BCUT2D eigenvalue weighted by Gasteiger charge is 2.44. The molecule has 0 radical (unpaired) electrons. The Bertz CT molecular complexity index is 486. The van der Waals surface area contributed by atoms with E-state index in [1.807, 2.05) is 18.2 Å². The van der Waals surface area contributed by atoms with Crippen molar-refractivity contribution in [2.24, 2.45) is 5.92 Å². The van der Waals surface area contributed by atoms with Crippen LogP contribution < -0.4 is 0 Å². The van der Waals surface area contributed by atoms with E-state index >= 15 is 0 Å². The second-order valence-corrected chi connectivity index (χ2v) is 5.52. The molecule has 2 fully saturated rings. The molecule has 1 spiro atoms. The summed E-state index contributed by atoms with van der Waals surface area (Å²) in [6.45, 7) is 1.31. The minimum atomic E-state index is -0.473. The molecule has 0 unspecified atom stereocenters. The van der Waals surface area contributed by atoms with Crippen molar-refractivity contribution in [3.8, 4) is 0 Å². The summed E-state index contributed by atoms with van der Waals surface area (Å²) in [7, 11) is 0. The molecule has 1 heterocycles. The first-order valence-corrected chi connectivity index (χ1v) is 7.30. The maximum Gasteiger partial charge on any atom is 0.169 e. The zero-order valence-electron chi connectivity index (χ0n) is 11.6. The fourth-order valence-corrected chi connectivity index (χ4v) is 3.02. The van der Waals surface area contributed by atoms with E-state index in [1.165, 1.54) is 5.56 Å². The molecule has 3 nitrogen and oxygen atoms in total. The number of carbonyl (C=O) groups is 1. The number of carbonyl (C=O) groups excluding carboxylic acids is 1. The maximum atomic E-state index is 12.0. The van der Waals surface area contributed by atoms with E-state index in [0.29, 0.717) is 38.3 Å². The maximum absolute atomic E-state index is 12.0. The summed E-state index contributed by atoms with van der Waals surface area (Å²) in [5.74, 6) is -0.103. The first kappa shape index (κ1) is 13.5. The van der Waals surface area contributed by atoms with Crippen LogP contribution >= 0.6 is 0 Å². The quantitative estimate of drug-likeness (QED) is 0.847. The van der Waals surface area contributed by atoms with Crippen molar-refractivity contribution >= 4 is 11.9 Å². The highest BCUT2D eigenvalue weighted by molar-refractivity contribution is 5.82. The van der Waals surface area contributed by atoms with Crippen molar-refractivity contribution in [2.75, 3.05) is 13.2 Å². The van der Waals surface area contributed by atoms with Gasteiger partial charge in [0, 0.05) is 25.2 Å². The highest BCUT2D eigenvalue weighted by atomic mass is 16.7. The van der Waals surface area contributed by atoms with E-state index in [4.69, 9.17) is 9.47 Å². The SMILES string of the molecule is O=C1CCC2(C[C@H]1C/C=C/c1ccccc1)OCCO2. The van der Waals surface area contributed by atoms with Gasteiger partial charge in [0.2, 0.25) is 0 Å². The third kappa shape index (κ3) is 3.00. The number of ketones is 1. The van der Waals surface area contributed by atoms with Gasteiger partial charge in [-0.25, -0.2) is 0 Å². The Morgan fingerprint density at radius 3 is 2.70 bits per heavy atom. The zero-order chi connectivity index (χ0) is 13.8. The van der Waals surface area contributed by atoms with Crippen LogP contribution in [-0.2, 0) is 14.3 Å². The first-order valence-electron chi connectivity index (χ1n) is 7.30. The third-order valence-corrected chi connectivity index (χ3v) is 4.11. The van der Waals surface area contributed by atoms with Crippen molar-refractivity contribution in [3.63, 3.8) is 0 Å². The normalized spacial score (nSPS) is 25.6. The van der Waals surface area contributed by atoms with E-state index in [2.05, 4.69) is 24.3 Å². The van der Waals surface area contributed by atoms with Crippen LogP contribution in [-0.4, -0.2) is 24.8 Å². The molecule has 3 heteroatoms. The summed E-state index contributed by atoms with van der Waals surface area (Å²) in [6.07, 6.45) is 6.92. The lowest BCUT2D eigenvalue weighted by Gasteiger charge is -2.34. The molecule has 1 aromatic carbocycles. The number of hydrogen-bond acceptors (Lipinski definition) is 3. The van der Waals surface area contributed by atoms with Crippen molar-refractivity contribution < 1.29 is 14.3 Å². The Morgan fingerprint density at radius 1 is 1.20 bits per heavy atom. The van der Waals surface area contributed by atoms with Crippen LogP contribution in [0.2, 0.25) is 0 Å². The summed E-state index contributed by atoms with van der Waals surface area (Å²) in [4.78, 5) is 12.0. The average molecular weight is 272 g/mol. The Hall–Kier alpha value is -1.45. The molecule has 1 aromatic rings. The molecule has 0 N–H and O–H groups in total. The van der Waals surface area contributed by atoms with Gasteiger partial charge in [0.05, 0.1) is 13.2 Å². The lowest BCUT2D eigenvalue weighted by atomic mass is 9.81. The predicted octanol–water partition coefficient (Wildman–Crippen LogP) is 3.20. The van der Waals surface area contributed by atoms with Gasteiger partial charge in [-0.2, -0.15) is 0 Å². The van der Waals surface area contributed by atoms with Gasteiger partial charge < -0.3 is 9.47 Å². The van der Waals surface area contributed by atoms with Gasteiger partial charge in [-0.3, -0.25) is 4.79 Å². The van der Waals surface area contributed by atoms with Gasteiger partial charge in [0.15, 0.2) is 5.79 Å². The van der Waals surface area contributed by atoms with Gasteiger partial charge in [-0.15, -0.1) is 0 Å². The van der Waals surface area contributed by atoms with Crippen LogP contribution in [0.15, 0.2) is 36.4 Å². The Morgan fingerprint density at radius 2 is 1.95 bits per heavy atom. The summed E-state index contributed by atoms with van der Waals surface area (Å²) in [6, 6.07) is 10.1. The van der Waals surface area contributed by atoms with E-state index in [0.717, 1.165) is 6.42 Å².